The van der Waals surface area contributed by atoms with Crippen molar-refractivity contribution in [2.24, 2.45) is 5.92 Å². The van der Waals surface area contributed by atoms with Gasteiger partial charge in [-0.2, -0.15) is 0 Å². The van der Waals surface area contributed by atoms with E-state index in [0.717, 1.165) is 24.8 Å². The maximum atomic E-state index is 12.7. The number of benzene rings is 1. The van der Waals surface area contributed by atoms with Crippen LogP contribution in [0.1, 0.15) is 30.9 Å². The molecule has 1 aromatic carbocycles. The molecule has 1 aromatic rings. The molecule has 140 valence electrons. The van der Waals surface area contributed by atoms with Gasteiger partial charge in [-0.25, -0.2) is 4.79 Å². The number of nitrogens with zero attached hydrogens (tertiary/aromatic N) is 2. The molecule has 0 aromatic heterocycles. The van der Waals surface area contributed by atoms with Crippen molar-refractivity contribution in [3.63, 3.8) is 0 Å². The van der Waals surface area contributed by atoms with Gasteiger partial charge >= 0.3 is 5.97 Å². The van der Waals surface area contributed by atoms with Crippen LogP contribution in [-0.2, 0) is 14.3 Å². The van der Waals surface area contributed by atoms with Crippen LogP contribution >= 0.6 is 11.6 Å². The van der Waals surface area contributed by atoms with Crippen molar-refractivity contribution in [2.75, 3.05) is 33.3 Å². The number of carbonyl (C=O) groups is 2. The Morgan fingerprint density at radius 2 is 1.88 bits per heavy atom. The van der Waals surface area contributed by atoms with Gasteiger partial charge in [-0.3, -0.25) is 9.69 Å². The predicted octanol–water partition coefficient (Wildman–Crippen LogP) is 3.05. The van der Waals surface area contributed by atoms with Gasteiger partial charge in [0.05, 0.1) is 7.11 Å². The van der Waals surface area contributed by atoms with E-state index >= 15 is 0 Å². The van der Waals surface area contributed by atoms with E-state index in [1.54, 1.807) is 6.07 Å². The number of halogens is 1. The number of hydrogen-bond donors (Lipinski definition) is 0. The summed E-state index contributed by atoms with van der Waals surface area (Å²) in [5, 5.41) is 0.551. The van der Waals surface area contributed by atoms with Gasteiger partial charge in [0.2, 0.25) is 5.91 Å². The number of methoxy groups -OCH3 is 1. The minimum Gasteiger partial charge on any atom is -0.468 e. The van der Waals surface area contributed by atoms with Gasteiger partial charge in [0.25, 0.3) is 0 Å². The molecule has 0 spiro atoms. The zero-order valence-corrected chi connectivity index (χ0v) is 15.8. The predicted molar refractivity (Wildman–Crippen MR) is 101 cm³/mol. The Labute approximate surface area is 159 Å². The monoisotopic (exact) mass is 376 g/mol. The molecule has 0 radical (unpaired) electrons. The first-order valence-electron chi connectivity index (χ1n) is 9.12. The Bertz CT molecular complexity index is 683. The highest BCUT2D eigenvalue weighted by atomic mass is 35.5. The van der Waals surface area contributed by atoms with Crippen LogP contribution < -0.4 is 0 Å². The minimum atomic E-state index is -0.538. The van der Waals surface area contributed by atoms with Gasteiger partial charge in [0.1, 0.15) is 6.04 Å². The lowest BCUT2D eigenvalue weighted by atomic mass is 9.93. The van der Waals surface area contributed by atoms with Crippen LogP contribution in [0.15, 0.2) is 36.4 Å². The maximum absolute atomic E-state index is 12.7. The van der Waals surface area contributed by atoms with E-state index in [2.05, 4.69) is 17.1 Å². The highest BCUT2D eigenvalue weighted by molar-refractivity contribution is 6.31. The van der Waals surface area contributed by atoms with Crippen molar-refractivity contribution in [3.8, 4) is 0 Å². The van der Waals surface area contributed by atoms with Crippen molar-refractivity contribution in [1.82, 2.24) is 9.80 Å². The lowest BCUT2D eigenvalue weighted by molar-refractivity contribution is -0.149. The normalized spacial score (nSPS) is 22.1. The molecule has 5 nitrogen and oxygen atoms in total. The van der Waals surface area contributed by atoms with Crippen molar-refractivity contribution >= 4 is 23.5 Å². The van der Waals surface area contributed by atoms with Crippen LogP contribution in [-0.4, -0.2) is 55.0 Å². The Morgan fingerprint density at radius 3 is 2.50 bits per heavy atom. The SMILES string of the molecule is COC(=O)[C@@H](c1ccccc1Cl)N1CCN(C(=O)[C@@H]2CC=CCC2)CC1. The molecule has 6 heteroatoms. The highest BCUT2D eigenvalue weighted by Crippen LogP contribution is 2.30. The molecule has 1 amide bonds. The summed E-state index contributed by atoms with van der Waals surface area (Å²) < 4.78 is 5.02. The number of piperazine rings is 1. The second-order valence-corrected chi connectivity index (χ2v) is 7.20. The first kappa shape index (κ1) is 18.9. The fourth-order valence-electron chi connectivity index (χ4n) is 3.76. The first-order chi connectivity index (χ1) is 12.6. The molecule has 3 rings (SSSR count). The van der Waals surface area contributed by atoms with Crippen LogP contribution in [0.25, 0.3) is 0 Å². The summed E-state index contributed by atoms with van der Waals surface area (Å²) in [5.41, 5.74) is 0.748. The van der Waals surface area contributed by atoms with Gasteiger partial charge in [0.15, 0.2) is 0 Å². The average Bonchev–Trinajstić information content (AvgIpc) is 2.70. The summed E-state index contributed by atoms with van der Waals surface area (Å²) in [6, 6.07) is 6.81. The third kappa shape index (κ3) is 4.10. The van der Waals surface area contributed by atoms with Gasteiger partial charge < -0.3 is 9.64 Å². The van der Waals surface area contributed by atoms with Crippen LogP contribution in [0.4, 0.5) is 0 Å². The largest absolute Gasteiger partial charge is 0.468 e. The number of allylic oxidation sites excluding steroid dienone is 2. The minimum absolute atomic E-state index is 0.103. The van der Waals surface area contributed by atoms with E-state index in [-0.39, 0.29) is 17.8 Å². The summed E-state index contributed by atoms with van der Waals surface area (Å²) in [4.78, 5) is 29.1. The topological polar surface area (TPSA) is 49.9 Å². The second kappa shape index (κ2) is 8.69. The summed E-state index contributed by atoms with van der Waals surface area (Å²) in [6.07, 6.45) is 7.00. The maximum Gasteiger partial charge on any atom is 0.327 e. The lowest BCUT2D eigenvalue weighted by Gasteiger charge is -2.39. The van der Waals surface area contributed by atoms with E-state index in [0.29, 0.717) is 31.2 Å². The number of amides is 1. The summed E-state index contributed by atoms with van der Waals surface area (Å²) >= 11 is 6.31. The molecular weight excluding hydrogens is 352 g/mol. The third-order valence-electron chi connectivity index (χ3n) is 5.23. The smallest absolute Gasteiger partial charge is 0.327 e. The molecule has 0 N–H and O–H groups in total. The number of esters is 1. The summed E-state index contributed by atoms with van der Waals surface area (Å²) in [6.45, 7) is 2.49. The molecule has 0 saturated carbocycles. The van der Waals surface area contributed by atoms with E-state index < -0.39 is 6.04 Å². The van der Waals surface area contributed by atoms with E-state index in [9.17, 15) is 9.59 Å². The van der Waals surface area contributed by atoms with Crippen molar-refractivity contribution < 1.29 is 14.3 Å². The number of ether oxygens (including phenoxy) is 1. The zero-order valence-electron chi connectivity index (χ0n) is 15.1. The number of carbonyl (C=O) groups excluding carboxylic acids is 2. The van der Waals surface area contributed by atoms with Crippen LogP contribution in [0.2, 0.25) is 5.02 Å². The summed E-state index contributed by atoms with van der Waals surface area (Å²) in [5.74, 6) is 0.0168. The molecule has 0 unspecified atom stereocenters. The molecule has 1 heterocycles. The van der Waals surface area contributed by atoms with E-state index in [1.165, 1.54) is 7.11 Å². The Morgan fingerprint density at radius 1 is 1.15 bits per heavy atom. The average molecular weight is 377 g/mol. The fourth-order valence-corrected chi connectivity index (χ4v) is 4.00. The second-order valence-electron chi connectivity index (χ2n) is 6.79. The number of rotatable bonds is 4. The third-order valence-corrected chi connectivity index (χ3v) is 5.58. The van der Waals surface area contributed by atoms with Crippen molar-refractivity contribution in [2.45, 2.75) is 25.3 Å². The number of hydrogen-bond acceptors (Lipinski definition) is 4. The van der Waals surface area contributed by atoms with Crippen LogP contribution in [0.5, 0.6) is 0 Å². The van der Waals surface area contributed by atoms with E-state index in [4.69, 9.17) is 16.3 Å². The zero-order chi connectivity index (χ0) is 18.5. The molecule has 1 aliphatic heterocycles. The molecule has 1 saturated heterocycles. The van der Waals surface area contributed by atoms with Gasteiger partial charge in [-0.1, -0.05) is 42.0 Å². The molecular formula is C20H25ClN2O3. The van der Waals surface area contributed by atoms with Gasteiger partial charge in [-0.15, -0.1) is 0 Å². The van der Waals surface area contributed by atoms with Gasteiger partial charge in [0, 0.05) is 37.1 Å². The van der Waals surface area contributed by atoms with Crippen molar-refractivity contribution in [1.29, 1.82) is 0 Å². The quantitative estimate of drug-likeness (QED) is 0.598. The van der Waals surface area contributed by atoms with Crippen LogP contribution in [0.3, 0.4) is 0 Å². The Balaban J connectivity index is 1.68. The molecule has 2 atom stereocenters. The Kier molecular flexibility index (Phi) is 6.33. The standard InChI is InChI=1S/C20H25ClN2O3/c1-26-20(25)18(16-9-5-6-10-17(16)21)22-11-13-23(14-12-22)19(24)15-7-3-2-4-8-15/h2-3,5-6,9-10,15,18H,4,7-8,11-14H2,1H3/t15-,18-/m1/s1. The molecule has 1 fully saturated rings. The van der Waals surface area contributed by atoms with Crippen LogP contribution in [0, 0.1) is 5.92 Å². The summed E-state index contributed by atoms with van der Waals surface area (Å²) in [7, 11) is 1.39. The lowest BCUT2D eigenvalue weighted by Crippen LogP contribution is -2.52. The molecule has 1 aliphatic carbocycles. The molecule has 26 heavy (non-hydrogen) atoms. The molecule has 0 bridgehead atoms. The first-order valence-corrected chi connectivity index (χ1v) is 9.49. The highest BCUT2D eigenvalue weighted by Gasteiger charge is 2.34. The fraction of sp³-hybridized carbons (Fsp3) is 0.500. The van der Waals surface area contributed by atoms with Gasteiger partial charge in [-0.05, 0) is 30.9 Å². The molecule has 2 aliphatic rings. The van der Waals surface area contributed by atoms with Crippen molar-refractivity contribution in [3.05, 3.63) is 47.0 Å². The van der Waals surface area contributed by atoms with E-state index in [1.807, 2.05) is 23.1 Å². The Hall–Kier alpha value is -1.85.